The van der Waals surface area contributed by atoms with Crippen LogP contribution in [0.3, 0.4) is 0 Å². The fourth-order valence-electron chi connectivity index (χ4n) is 10.0. The minimum Gasteiger partial charge on any atom is -0.481 e. The summed E-state index contributed by atoms with van der Waals surface area (Å²) in [6.07, 6.45) is -2.32. The van der Waals surface area contributed by atoms with E-state index in [9.17, 15) is 63.6 Å². The number of imide groups is 2. The van der Waals surface area contributed by atoms with Gasteiger partial charge in [-0.3, -0.25) is 43.4 Å². The number of carbonyl (C=O) groups excluding carboxylic acids is 5. The predicted molar refractivity (Wildman–Crippen MR) is 163 cm³/mol. The van der Waals surface area contributed by atoms with Crippen molar-refractivity contribution in [3.8, 4) is 0 Å². The summed E-state index contributed by atoms with van der Waals surface area (Å²) in [5.41, 5.74) is -5.84. The average Bonchev–Trinajstić information content (AvgIpc) is 3.90. The number of Topliss-reactive ketones (excluding diaryl/α,β-unsaturated/α-hetero) is 1. The molecule has 4 amide bonds. The highest BCUT2D eigenvalue weighted by Crippen LogP contribution is 2.64. The first-order valence-electron chi connectivity index (χ1n) is 17.2. The Morgan fingerprint density at radius 1 is 0.558 bits per heavy atom. The molecular formula is C33H40N2O17. The second kappa shape index (κ2) is 13.0. The number of likely N-dealkylation sites (tertiary alicyclic amines) is 2. The lowest BCUT2D eigenvalue weighted by Crippen LogP contribution is -2.49. The van der Waals surface area contributed by atoms with Crippen molar-refractivity contribution in [2.24, 2.45) is 23.7 Å². The molecule has 6 fully saturated rings. The van der Waals surface area contributed by atoms with Gasteiger partial charge in [0, 0.05) is 25.7 Å². The van der Waals surface area contributed by atoms with Crippen LogP contribution < -0.4 is 0 Å². The summed E-state index contributed by atoms with van der Waals surface area (Å²) in [6, 6.07) is -3.52. The molecule has 0 aromatic heterocycles. The quantitative estimate of drug-likeness (QED) is 0.0876. The van der Waals surface area contributed by atoms with Gasteiger partial charge in [0.1, 0.15) is 29.1 Å². The van der Waals surface area contributed by atoms with Gasteiger partial charge >= 0.3 is 23.9 Å². The van der Waals surface area contributed by atoms with Crippen LogP contribution in [0.1, 0.15) is 77.0 Å². The lowest BCUT2D eigenvalue weighted by atomic mass is 9.66. The van der Waals surface area contributed by atoms with Crippen molar-refractivity contribution in [1.29, 1.82) is 0 Å². The number of nitrogens with zero attached hydrogens (tertiary/aromatic N) is 2. The molecule has 6 aliphatic rings. The molecular weight excluding hydrogens is 696 g/mol. The molecule has 4 bridgehead atoms. The lowest BCUT2D eigenvalue weighted by Gasteiger charge is -2.32. The molecule has 284 valence electrons. The number of rotatable bonds is 18. The molecule has 0 spiro atoms. The maximum atomic E-state index is 13.8. The number of hydrogen-bond acceptors (Lipinski definition) is 13. The molecule has 0 saturated carbocycles. The van der Waals surface area contributed by atoms with Crippen LogP contribution in [-0.2, 0) is 52.6 Å². The Kier molecular flexibility index (Phi) is 9.33. The van der Waals surface area contributed by atoms with Gasteiger partial charge in [0.25, 0.3) is 0 Å². The Labute approximate surface area is 294 Å². The molecule has 6 heterocycles. The molecule has 6 rings (SSSR count). The highest BCUT2D eigenvalue weighted by Gasteiger charge is 2.77. The molecule has 6 N–H and O–H groups in total. The van der Waals surface area contributed by atoms with Crippen molar-refractivity contribution in [2.45, 2.75) is 112 Å². The molecule has 0 aliphatic carbocycles. The Morgan fingerprint density at radius 3 is 1.15 bits per heavy atom. The number of fused-ring (bicyclic) bond motifs is 10. The summed E-state index contributed by atoms with van der Waals surface area (Å²) < 4.78 is 12.5. The molecule has 10 atom stereocenters. The number of carboxylic acids is 4. The van der Waals surface area contributed by atoms with Crippen LogP contribution >= 0.6 is 0 Å². The minimum absolute atomic E-state index is 0.0932. The largest absolute Gasteiger partial charge is 0.481 e. The Balaban J connectivity index is 1.17. The number of amides is 4. The van der Waals surface area contributed by atoms with Gasteiger partial charge in [-0.2, -0.15) is 0 Å². The summed E-state index contributed by atoms with van der Waals surface area (Å²) in [4.78, 5) is 116. The molecule has 19 nitrogen and oxygen atoms in total. The average molecular weight is 737 g/mol. The lowest BCUT2D eigenvalue weighted by molar-refractivity contribution is -0.163. The SMILES string of the molecule is O=C(O)CCC(C(=O)O)N1C(=O)C2C(C1=O)C1(CCC(=O)CCC34CCC(CO)(O3)C3C(=O)N([C@@H](CCC(=O)O)C(=O)O)C(=O)C34)CCC2(CO)O1. The van der Waals surface area contributed by atoms with Crippen molar-refractivity contribution in [3.05, 3.63) is 0 Å². The molecule has 0 aromatic rings. The zero-order valence-corrected chi connectivity index (χ0v) is 27.9. The fraction of sp³-hybridized carbons (Fsp3) is 0.727. The topological polar surface area (TPSA) is 300 Å². The first-order chi connectivity index (χ1) is 24.4. The van der Waals surface area contributed by atoms with Gasteiger partial charge in [-0.25, -0.2) is 9.59 Å². The van der Waals surface area contributed by atoms with Crippen LogP contribution in [0.15, 0.2) is 0 Å². The van der Waals surface area contributed by atoms with E-state index in [0.29, 0.717) is 9.80 Å². The molecule has 52 heavy (non-hydrogen) atoms. The summed E-state index contributed by atoms with van der Waals surface area (Å²) in [5.74, 6) is -14.7. The third-order valence-electron chi connectivity index (χ3n) is 12.3. The van der Waals surface area contributed by atoms with E-state index in [4.69, 9.17) is 19.7 Å². The highest BCUT2D eigenvalue weighted by atomic mass is 16.6. The van der Waals surface area contributed by atoms with Gasteiger partial charge in [-0.15, -0.1) is 0 Å². The number of aliphatic hydroxyl groups excluding tert-OH is 2. The van der Waals surface area contributed by atoms with Gasteiger partial charge in [-0.1, -0.05) is 0 Å². The Hall–Kier alpha value is -4.33. The molecule has 19 heteroatoms. The summed E-state index contributed by atoms with van der Waals surface area (Å²) in [5, 5.41) is 58.5. The number of aliphatic hydroxyl groups is 2. The first kappa shape index (κ1) is 37.4. The first-order valence-corrected chi connectivity index (χ1v) is 17.2. The van der Waals surface area contributed by atoms with E-state index < -0.39 is 145 Å². The Bertz CT molecular complexity index is 1530. The second-order valence-corrected chi connectivity index (χ2v) is 14.9. The zero-order valence-electron chi connectivity index (χ0n) is 27.9. The van der Waals surface area contributed by atoms with Crippen molar-refractivity contribution in [1.82, 2.24) is 9.80 Å². The van der Waals surface area contributed by atoms with Gasteiger partial charge in [0.05, 0.1) is 48.1 Å². The second-order valence-electron chi connectivity index (χ2n) is 14.9. The number of ketones is 1. The van der Waals surface area contributed by atoms with E-state index >= 15 is 0 Å². The van der Waals surface area contributed by atoms with Gasteiger partial charge < -0.3 is 40.1 Å². The Morgan fingerprint density at radius 2 is 0.865 bits per heavy atom. The number of carbonyl (C=O) groups is 9. The number of aliphatic carboxylic acids is 4. The van der Waals surface area contributed by atoms with Crippen molar-refractivity contribution >= 4 is 53.3 Å². The van der Waals surface area contributed by atoms with E-state index in [0.717, 1.165) is 0 Å². The van der Waals surface area contributed by atoms with Crippen LogP contribution in [0.5, 0.6) is 0 Å². The third kappa shape index (κ3) is 5.42. The van der Waals surface area contributed by atoms with Crippen LogP contribution in [0.2, 0.25) is 0 Å². The van der Waals surface area contributed by atoms with E-state index in [1.54, 1.807) is 0 Å². The minimum atomic E-state index is -1.76. The maximum Gasteiger partial charge on any atom is 0.326 e. The summed E-state index contributed by atoms with van der Waals surface area (Å²) in [6.45, 7) is -1.33. The van der Waals surface area contributed by atoms with Crippen molar-refractivity contribution < 1.29 is 83.3 Å². The van der Waals surface area contributed by atoms with E-state index in [2.05, 4.69) is 0 Å². The smallest absolute Gasteiger partial charge is 0.326 e. The standard InChI is InChI=1S/C33H40N2O17/c36-13-32-11-9-30(51-32,20-22(32)26(45)34(24(20)43)16(28(47)48)1-3-18(39)40)7-5-15(38)6-8-31-10-12-33(14-37,52-31)23-21(31)25(44)35(27(23)46)17(29(49)50)2-4-19(41)42/h16-17,20-23,36-37H,1-14H2,(H,39,40)(H,41,42)(H,47,48)(H,49,50)/t16-,17?,20?,21?,22?,23?,30?,31?,32?,33?/m0/s1. The summed E-state index contributed by atoms with van der Waals surface area (Å²) in [7, 11) is 0. The normalized spacial score (nSPS) is 36.7. The van der Waals surface area contributed by atoms with Crippen molar-refractivity contribution in [3.63, 3.8) is 0 Å². The van der Waals surface area contributed by atoms with Crippen LogP contribution in [0, 0.1) is 23.7 Å². The van der Waals surface area contributed by atoms with Gasteiger partial charge in [-0.05, 0) is 51.4 Å². The monoisotopic (exact) mass is 736 g/mol. The number of hydrogen-bond donors (Lipinski definition) is 6. The van der Waals surface area contributed by atoms with Crippen LogP contribution in [0.4, 0.5) is 0 Å². The highest BCUT2D eigenvalue weighted by molar-refractivity contribution is 6.10. The molecule has 0 radical (unpaired) electrons. The van der Waals surface area contributed by atoms with Crippen LogP contribution in [0.25, 0.3) is 0 Å². The molecule has 0 aromatic carbocycles. The third-order valence-corrected chi connectivity index (χ3v) is 12.3. The van der Waals surface area contributed by atoms with Gasteiger partial charge in [0.2, 0.25) is 23.6 Å². The summed E-state index contributed by atoms with van der Waals surface area (Å²) >= 11 is 0. The number of ether oxygens (including phenoxy) is 2. The molecule has 6 aliphatic heterocycles. The number of carboxylic acid groups (broad SMARTS) is 4. The van der Waals surface area contributed by atoms with E-state index in [-0.39, 0.29) is 57.1 Å². The predicted octanol–water partition coefficient (Wildman–Crippen LogP) is -1.46. The fourth-order valence-corrected chi connectivity index (χ4v) is 10.0. The van der Waals surface area contributed by atoms with Crippen molar-refractivity contribution in [2.75, 3.05) is 13.2 Å². The van der Waals surface area contributed by atoms with Crippen LogP contribution in [-0.4, -0.2) is 141 Å². The molecule has 6 saturated heterocycles. The zero-order chi connectivity index (χ0) is 38.1. The van der Waals surface area contributed by atoms with E-state index in [1.807, 2.05) is 0 Å². The maximum absolute atomic E-state index is 13.8. The molecule has 9 unspecified atom stereocenters. The van der Waals surface area contributed by atoms with E-state index in [1.165, 1.54) is 0 Å². The van der Waals surface area contributed by atoms with Gasteiger partial charge in [0.15, 0.2) is 0 Å².